The quantitative estimate of drug-likeness (QED) is 0.783. The van der Waals surface area contributed by atoms with Crippen LogP contribution in [0.15, 0.2) is 0 Å². The minimum atomic E-state index is -1.56. The molecule has 0 radical (unpaired) electrons. The highest BCUT2D eigenvalue weighted by molar-refractivity contribution is 5.83. The maximum absolute atomic E-state index is 12.3. The number of Topliss-reactive ketones (excluding diaryl/α,β-unsaturated/α-hetero) is 1. The van der Waals surface area contributed by atoms with Gasteiger partial charge in [0.05, 0.1) is 30.3 Å². The van der Waals surface area contributed by atoms with E-state index in [0.717, 1.165) is 0 Å². The first-order valence-corrected chi connectivity index (χ1v) is 6.95. The molecular weight excluding hydrogens is 272 g/mol. The normalized spacial score (nSPS) is 35.3. The van der Waals surface area contributed by atoms with Crippen molar-refractivity contribution in [3.63, 3.8) is 0 Å². The number of aliphatic hydroxyl groups is 1. The summed E-state index contributed by atoms with van der Waals surface area (Å²) in [6, 6.07) is 3.99. The molecule has 1 saturated carbocycles. The molecule has 0 aromatic carbocycles. The fourth-order valence-corrected chi connectivity index (χ4v) is 3.09. The molecule has 0 aliphatic heterocycles. The Morgan fingerprint density at radius 1 is 1.38 bits per heavy atom. The van der Waals surface area contributed by atoms with Gasteiger partial charge >= 0.3 is 5.97 Å². The van der Waals surface area contributed by atoms with Gasteiger partial charge in [-0.2, -0.15) is 10.5 Å². The maximum Gasteiger partial charge on any atom is 0.326 e. The molecule has 6 nitrogen and oxygen atoms in total. The van der Waals surface area contributed by atoms with Crippen LogP contribution >= 0.6 is 0 Å². The Morgan fingerprint density at radius 2 is 2.00 bits per heavy atom. The van der Waals surface area contributed by atoms with Crippen molar-refractivity contribution in [3.8, 4) is 12.1 Å². The van der Waals surface area contributed by atoms with Gasteiger partial charge < -0.3 is 14.6 Å². The van der Waals surface area contributed by atoms with Gasteiger partial charge in [0.2, 0.25) is 0 Å². The molecule has 0 spiro atoms. The van der Waals surface area contributed by atoms with Crippen molar-refractivity contribution in [1.29, 1.82) is 10.5 Å². The minimum Gasteiger partial charge on any atom is -0.465 e. The Labute approximate surface area is 124 Å². The van der Waals surface area contributed by atoms with Gasteiger partial charge in [-0.15, -0.1) is 0 Å². The molecule has 0 amide bonds. The maximum atomic E-state index is 12.3. The molecular formula is C15H20N2O4. The van der Waals surface area contributed by atoms with Crippen molar-refractivity contribution in [2.24, 2.45) is 16.7 Å². The first kappa shape index (κ1) is 17.1. The molecule has 1 N–H and O–H groups in total. The Kier molecular flexibility index (Phi) is 5.09. The SMILES string of the molecule is CCOC(=O)[C@@]1(C#N)CC[C@H](O)[C@@](C)(C#N)[C@H]1CC(C)=O. The van der Waals surface area contributed by atoms with Crippen molar-refractivity contribution >= 4 is 11.8 Å². The fraction of sp³-hybridized carbons (Fsp3) is 0.733. The highest BCUT2D eigenvalue weighted by atomic mass is 16.5. The summed E-state index contributed by atoms with van der Waals surface area (Å²) < 4.78 is 5.00. The molecule has 1 fully saturated rings. The van der Waals surface area contributed by atoms with Crippen molar-refractivity contribution in [1.82, 2.24) is 0 Å². The van der Waals surface area contributed by atoms with Crippen molar-refractivity contribution in [3.05, 3.63) is 0 Å². The number of nitrogens with zero attached hydrogens (tertiary/aromatic N) is 2. The molecule has 1 aliphatic carbocycles. The van der Waals surface area contributed by atoms with Gasteiger partial charge in [0.25, 0.3) is 0 Å². The number of nitriles is 2. The Morgan fingerprint density at radius 3 is 2.43 bits per heavy atom. The third-order valence-corrected chi connectivity index (χ3v) is 4.39. The summed E-state index contributed by atoms with van der Waals surface area (Å²) in [5, 5.41) is 29.2. The lowest BCUT2D eigenvalue weighted by Gasteiger charge is -2.47. The molecule has 0 bridgehead atoms. The molecule has 1 aliphatic rings. The van der Waals surface area contributed by atoms with E-state index in [1.165, 1.54) is 13.8 Å². The molecule has 0 unspecified atom stereocenters. The van der Waals surface area contributed by atoms with Gasteiger partial charge in [-0.25, -0.2) is 0 Å². The van der Waals surface area contributed by atoms with Crippen molar-refractivity contribution < 1.29 is 19.4 Å². The first-order chi connectivity index (χ1) is 9.78. The van der Waals surface area contributed by atoms with E-state index in [4.69, 9.17) is 4.74 Å². The molecule has 6 heteroatoms. The third-order valence-electron chi connectivity index (χ3n) is 4.39. The number of esters is 1. The lowest BCUT2D eigenvalue weighted by Crippen LogP contribution is -2.55. The van der Waals surface area contributed by atoms with Crippen molar-refractivity contribution in [2.45, 2.75) is 46.1 Å². The molecule has 114 valence electrons. The van der Waals surface area contributed by atoms with Crippen LogP contribution in [0.4, 0.5) is 0 Å². The zero-order valence-corrected chi connectivity index (χ0v) is 12.5. The van der Waals surface area contributed by atoms with E-state index in [9.17, 15) is 25.2 Å². The summed E-state index contributed by atoms with van der Waals surface area (Å²) in [7, 11) is 0. The largest absolute Gasteiger partial charge is 0.465 e. The number of rotatable bonds is 4. The van der Waals surface area contributed by atoms with E-state index in [1.54, 1.807) is 6.92 Å². The van der Waals surface area contributed by atoms with Crippen LogP contribution in [-0.2, 0) is 14.3 Å². The van der Waals surface area contributed by atoms with E-state index in [0.29, 0.717) is 0 Å². The fourth-order valence-electron chi connectivity index (χ4n) is 3.09. The Bertz CT molecular complexity index is 519. The zero-order valence-electron chi connectivity index (χ0n) is 12.5. The lowest BCUT2D eigenvalue weighted by atomic mass is 9.53. The molecule has 0 saturated heterocycles. The third kappa shape index (κ3) is 2.77. The van der Waals surface area contributed by atoms with Gasteiger partial charge in [-0.05, 0) is 33.6 Å². The van der Waals surface area contributed by atoms with Crippen LogP contribution < -0.4 is 0 Å². The molecule has 0 heterocycles. The smallest absolute Gasteiger partial charge is 0.326 e. The average Bonchev–Trinajstić information content (AvgIpc) is 2.44. The predicted octanol–water partition coefficient (Wildman–Crippen LogP) is 1.34. The molecule has 0 aromatic rings. The van der Waals surface area contributed by atoms with Crippen LogP contribution in [0.1, 0.15) is 40.0 Å². The standard InChI is InChI=1S/C15H20N2O4/c1-4-21-13(20)15(9-17)6-5-12(19)14(3,8-16)11(15)7-10(2)18/h11-12,19H,4-7H2,1-3H3/t11-,12+,14+,15-/m1/s1. The second-order valence-electron chi connectivity index (χ2n) is 5.71. The van der Waals surface area contributed by atoms with Gasteiger partial charge in [0, 0.05) is 12.3 Å². The predicted molar refractivity (Wildman–Crippen MR) is 72.4 cm³/mol. The summed E-state index contributed by atoms with van der Waals surface area (Å²) in [4.78, 5) is 23.9. The number of hydrogen-bond donors (Lipinski definition) is 1. The first-order valence-electron chi connectivity index (χ1n) is 6.95. The second-order valence-corrected chi connectivity index (χ2v) is 5.71. The van der Waals surface area contributed by atoms with Crippen LogP contribution in [0, 0.1) is 39.4 Å². The second kappa shape index (κ2) is 6.24. The number of ketones is 1. The summed E-state index contributed by atoms with van der Waals surface area (Å²) in [5.41, 5.74) is -2.90. The van der Waals surface area contributed by atoms with Crippen LogP contribution in [0.25, 0.3) is 0 Å². The molecule has 1 rings (SSSR count). The average molecular weight is 292 g/mol. The summed E-state index contributed by atoms with van der Waals surface area (Å²) in [5.74, 6) is -1.84. The summed E-state index contributed by atoms with van der Waals surface area (Å²) >= 11 is 0. The van der Waals surface area contributed by atoms with Crippen LogP contribution in [0.2, 0.25) is 0 Å². The van der Waals surface area contributed by atoms with Crippen LogP contribution in [0.3, 0.4) is 0 Å². The number of carbonyl (C=O) groups is 2. The van der Waals surface area contributed by atoms with Gasteiger partial charge in [-0.1, -0.05) is 0 Å². The van der Waals surface area contributed by atoms with Crippen LogP contribution in [0.5, 0.6) is 0 Å². The van der Waals surface area contributed by atoms with E-state index < -0.39 is 28.8 Å². The topological polar surface area (TPSA) is 111 Å². The summed E-state index contributed by atoms with van der Waals surface area (Å²) in [6.07, 6.45) is -0.875. The van der Waals surface area contributed by atoms with E-state index >= 15 is 0 Å². The van der Waals surface area contributed by atoms with E-state index in [2.05, 4.69) is 0 Å². The number of ether oxygens (including phenoxy) is 1. The molecule has 21 heavy (non-hydrogen) atoms. The minimum absolute atomic E-state index is 0.0821. The van der Waals surface area contributed by atoms with Crippen molar-refractivity contribution in [2.75, 3.05) is 6.61 Å². The lowest BCUT2D eigenvalue weighted by molar-refractivity contribution is -0.165. The Balaban J connectivity index is 3.40. The van der Waals surface area contributed by atoms with E-state index in [1.807, 2.05) is 12.1 Å². The zero-order chi connectivity index (χ0) is 16.3. The Hall–Kier alpha value is -1.92. The van der Waals surface area contributed by atoms with Crippen LogP contribution in [-0.4, -0.2) is 29.6 Å². The van der Waals surface area contributed by atoms with E-state index in [-0.39, 0.29) is 31.7 Å². The van der Waals surface area contributed by atoms with Gasteiger partial charge in [0.15, 0.2) is 5.41 Å². The highest BCUT2D eigenvalue weighted by Gasteiger charge is 2.61. The number of hydrogen-bond acceptors (Lipinski definition) is 6. The van der Waals surface area contributed by atoms with Gasteiger partial charge in [0.1, 0.15) is 5.78 Å². The number of carbonyl (C=O) groups excluding carboxylic acids is 2. The highest BCUT2D eigenvalue weighted by Crippen LogP contribution is 2.53. The summed E-state index contributed by atoms with van der Waals surface area (Å²) in [6.45, 7) is 4.58. The monoisotopic (exact) mass is 292 g/mol. The molecule has 4 atom stereocenters. The number of aliphatic hydroxyl groups excluding tert-OH is 1. The molecule has 0 aromatic heterocycles. The van der Waals surface area contributed by atoms with Gasteiger partial charge in [-0.3, -0.25) is 4.79 Å².